The normalized spacial score (nSPS) is 12.2. The van der Waals surface area contributed by atoms with Crippen molar-refractivity contribution < 1.29 is 23.5 Å². The molecular formula is C27H27NO6S. The van der Waals surface area contributed by atoms with Gasteiger partial charge in [0.1, 0.15) is 23.0 Å². The van der Waals surface area contributed by atoms with Crippen molar-refractivity contribution in [1.82, 2.24) is 5.32 Å². The van der Waals surface area contributed by atoms with Crippen molar-refractivity contribution in [2.24, 2.45) is 0 Å². The second-order valence-electron chi connectivity index (χ2n) is 8.56. The molecular weight excluding hydrogens is 466 g/mol. The van der Waals surface area contributed by atoms with Crippen LogP contribution in [-0.4, -0.2) is 35.0 Å². The van der Waals surface area contributed by atoms with Crippen LogP contribution in [0.2, 0.25) is 0 Å². The van der Waals surface area contributed by atoms with Gasteiger partial charge < -0.3 is 19.3 Å². The van der Waals surface area contributed by atoms with E-state index in [4.69, 9.17) is 8.83 Å². The van der Waals surface area contributed by atoms with Crippen LogP contribution in [0.25, 0.3) is 33.1 Å². The Morgan fingerprint density at radius 1 is 1.03 bits per heavy atom. The van der Waals surface area contributed by atoms with Crippen LogP contribution >= 0.6 is 11.8 Å². The van der Waals surface area contributed by atoms with E-state index in [2.05, 4.69) is 5.32 Å². The summed E-state index contributed by atoms with van der Waals surface area (Å²) in [5.74, 6) is -0.465. The molecule has 8 heteroatoms. The molecule has 1 atom stereocenters. The van der Waals surface area contributed by atoms with E-state index in [1.165, 1.54) is 11.8 Å². The van der Waals surface area contributed by atoms with Crippen LogP contribution in [0.5, 0.6) is 0 Å². The molecule has 2 heterocycles. The van der Waals surface area contributed by atoms with Gasteiger partial charge in [-0.05, 0) is 50.6 Å². The number of nitrogens with one attached hydrogen (secondary N) is 1. The number of carbonyl (C=O) groups excluding carboxylic acids is 1. The molecule has 0 unspecified atom stereocenters. The number of aliphatic carboxylic acids is 1. The zero-order chi connectivity index (χ0) is 25.3. The molecule has 2 aromatic heterocycles. The SMILES string of the molecule is CSC[C@H](NC(=O)CCc1c(C)c2cc3c(-c4ccccc4)c(C)oc3c(C)c2oc1=O)C(=O)O. The van der Waals surface area contributed by atoms with Crippen molar-refractivity contribution in [3.8, 4) is 11.1 Å². The van der Waals surface area contributed by atoms with Gasteiger partial charge in [-0.25, -0.2) is 9.59 Å². The van der Waals surface area contributed by atoms with Gasteiger partial charge in [-0.15, -0.1) is 0 Å². The van der Waals surface area contributed by atoms with Gasteiger partial charge in [0.15, 0.2) is 0 Å². The summed E-state index contributed by atoms with van der Waals surface area (Å²) in [6.45, 7) is 5.64. The van der Waals surface area contributed by atoms with Gasteiger partial charge in [0.2, 0.25) is 5.91 Å². The molecule has 7 nitrogen and oxygen atoms in total. The predicted octanol–water partition coefficient (Wildman–Crippen LogP) is 5.00. The second kappa shape index (κ2) is 10.00. The summed E-state index contributed by atoms with van der Waals surface area (Å²) < 4.78 is 11.8. The third-order valence-corrected chi connectivity index (χ3v) is 6.93. The number of hydrogen-bond donors (Lipinski definition) is 2. The Hall–Kier alpha value is -3.52. The number of carboxylic acids is 1. The molecule has 0 spiro atoms. The summed E-state index contributed by atoms with van der Waals surface area (Å²) in [5.41, 5.74) is 4.56. The van der Waals surface area contributed by atoms with Crippen LogP contribution < -0.4 is 10.9 Å². The molecule has 2 aromatic carbocycles. The van der Waals surface area contributed by atoms with E-state index in [1.807, 2.05) is 57.2 Å². The number of carbonyl (C=O) groups is 2. The van der Waals surface area contributed by atoms with Crippen LogP contribution in [0, 0.1) is 20.8 Å². The van der Waals surface area contributed by atoms with Gasteiger partial charge >= 0.3 is 11.6 Å². The fraction of sp³-hybridized carbons (Fsp3) is 0.296. The number of hydrogen-bond acceptors (Lipinski definition) is 6. The highest BCUT2D eigenvalue weighted by molar-refractivity contribution is 7.98. The molecule has 4 rings (SSSR count). The van der Waals surface area contributed by atoms with Crippen LogP contribution in [0.4, 0.5) is 0 Å². The number of amides is 1. The van der Waals surface area contributed by atoms with Crippen molar-refractivity contribution in [1.29, 1.82) is 0 Å². The number of fused-ring (bicyclic) bond motifs is 2. The van der Waals surface area contributed by atoms with Crippen LogP contribution in [-0.2, 0) is 16.0 Å². The molecule has 1 amide bonds. The lowest BCUT2D eigenvalue weighted by Gasteiger charge is -2.14. The summed E-state index contributed by atoms with van der Waals surface area (Å²) in [7, 11) is 0. The van der Waals surface area contributed by atoms with Gasteiger partial charge in [0.05, 0.1) is 0 Å². The van der Waals surface area contributed by atoms with E-state index < -0.39 is 23.5 Å². The zero-order valence-electron chi connectivity index (χ0n) is 20.1. The number of furan rings is 1. The third-order valence-electron chi connectivity index (χ3n) is 6.26. The average molecular weight is 494 g/mol. The van der Waals surface area contributed by atoms with E-state index in [1.54, 1.807) is 6.26 Å². The molecule has 0 aliphatic rings. The zero-order valence-corrected chi connectivity index (χ0v) is 20.9. The predicted molar refractivity (Wildman–Crippen MR) is 138 cm³/mol. The first-order valence-corrected chi connectivity index (χ1v) is 12.7. The van der Waals surface area contributed by atoms with Gasteiger partial charge in [0.25, 0.3) is 0 Å². The number of rotatable bonds is 8. The molecule has 0 saturated heterocycles. The quantitative estimate of drug-likeness (QED) is 0.333. The Kier molecular flexibility index (Phi) is 7.03. The summed E-state index contributed by atoms with van der Waals surface area (Å²) in [4.78, 5) is 36.6. The minimum absolute atomic E-state index is 0.0173. The lowest BCUT2D eigenvalue weighted by Crippen LogP contribution is -2.42. The lowest BCUT2D eigenvalue weighted by molar-refractivity contribution is -0.141. The number of aryl methyl sites for hydroxylation is 3. The van der Waals surface area contributed by atoms with Crippen LogP contribution in [0.3, 0.4) is 0 Å². The summed E-state index contributed by atoms with van der Waals surface area (Å²) in [6.07, 6.45) is 1.90. The first kappa shape index (κ1) is 24.6. The Morgan fingerprint density at radius 2 is 1.71 bits per heavy atom. The van der Waals surface area contributed by atoms with E-state index >= 15 is 0 Å². The summed E-state index contributed by atoms with van der Waals surface area (Å²) in [5, 5.41) is 13.5. The van der Waals surface area contributed by atoms with Gasteiger partial charge in [-0.1, -0.05) is 30.3 Å². The standard InChI is InChI=1S/C27H27NO6S/c1-14-18(10-11-22(29)28-21(13-35-4)26(30)31)27(32)34-24-15(2)25-20(12-19(14)24)23(16(3)33-25)17-8-6-5-7-9-17/h5-9,12,21H,10-11,13H2,1-4H3,(H,28,29)(H,30,31)/t21-/m0/s1. The van der Waals surface area contributed by atoms with Crippen molar-refractivity contribution in [3.63, 3.8) is 0 Å². The highest BCUT2D eigenvalue weighted by atomic mass is 32.2. The monoisotopic (exact) mass is 493 g/mol. The van der Waals surface area contributed by atoms with E-state index in [0.717, 1.165) is 38.8 Å². The maximum absolute atomic E-state index is 12.9. The maximum Gasteiger partial charge on any atom is 0.339 e. The minimum Gasteiger partial charge on any atom is -0.480 e. The van der Waals surface area contributed by atoms with Crippen molar-refractivity contribution in [2.45, 2.75) is 39.7 Å². The molecule has 0 aliphatic heterocycles. The highest BCUT2D eigenvalue weighted by Gasteiger charge is 2.22. The largest absolute Gasteiger partial charge is 0.480 e. The molecule has 0 radical (unpaired) electrons. The van der Waals surface area contributed by atoms with Crippen LogP contribution in [0.1, 0.15) is 28.9 Å². The molecule has 0 fully saturated rings. The maximum atomic E-state index is 12.9. The van der Waals surface area contributed by atoms with E-state index in [9.17, 15) is 19.5 Å². The van der Waals surface area contributed by atoms with Crippen LogP contribution in [0.15, 0.2) is 50.0 Å². The number of benzene rings is 2. The molecule has 0 saturated carbocycles. The highest BCUT2D eigenvalue weighted by Crippen LogP contribution is 2.39. The van der Waals surface area contributed by atoms with Crippen molar-refractivity contribution in [3.05, 3.63) is 69.3 Å². The van der Waals surface area contributed by atoms with Crippen molar-refractivity contribution in [2.75, 3.05) is 12.0 Å². The average Bonchev–Trinajstić information content (AvgIpc) is 3.16. The molecule has 182 valence electrons. The smallest absolute Gasteiger partial charge is 0.339 e. The number of carboxylic acid groups (broad SMARTS) is 1. The Bertz CT molecular complexity index is 1490. The Morgan fingerprint density at radius 3 is 2.37 bits per heavy atom. The third kappa shape index (κ3) is 4.71. The minimum atomic E-state index is -1.08. The number of thioether (sulfide) groups is 1. The summed E-state index contributed by atoms with van der Waals surface area (Å²) >= 11 is 1.34. The molecule has 0 aliphatic carbocycles. The fourth-order valence-electron chi connectivity index (χ4n) is 4.47. The topological polar surface area (TPSA) is 110 Å². The van der Waals surface area contributed by atoms with Crippen molar-refractivity contribution >= 4 is 45.6 Å². The Balaban J connectivity index is 1.74. The molecule has 4 aromatic rings. The first-order chi connectivity index (χ1) is 16.7. The Labute approximate surface area is 206 Å². The van der Waals surface area contributed by atoms with E-state index in [-0.39, 0.29) is 18.6 Å². The van der Waals surface area contributed by atoms with Gasteiger partial charge in [-0.3, -0.25) is 4.79 Å². The lowest BCUT2D eigenvalue weighted by atomic mass is 9.96. The second-order valence-corrected chi connectivity index (χ2v) is 9.47. The summed E-state index contributed by atoms with van der Waals surface area (Å²) in [6, 6.07) is 11.0. The molecule has 35 heavy (non-hydrogen) atoms. The first-order valence-electron chi connectivity index (χ1n) is 11.3. The van der Waals surface area contributed by atoms with E-state index in [0.29, 0.717) is 16.7 Å². The van der Waals surface area contributed by atoms with Gasteiger partial charge in [0, 0.05) is 39.6 Å². The fourth-order valence-corrected chi connectivity index (χ4v) is 5.03. The molecule has 2 N–H and O–H groups in total. The molecule has 0 bridgehead atoms. The van der Waals surface area contributed by atoms with Gasteiger partial charge in [-0.2, -0.15) is 11.8 Å².